The molecule has 100 valence electrons. The topological polar surface area (TPSA) is 67.0 Å². The van der Waals surface area contributed by atoms with Gasteiger partial charge in [-0.15, -0.1) is 0 Å². The Bertz CT molecular complexity index is 569. The molecule has 0 bridgehead atoms. The maximum absolute atomic E-state index is 11.7. The summed E-state index contributed by atoms with van der Waals surface area (Å²) >= 11 is 3.34. The van der Waals surface area contributed by atoms with Crippen molar-refractivity contribution in [3.05, 3.63) is 40.5 Å². The molecule has 0 aliphatic carbocycles. The summed E-state index contributed by atoms with van der Waals surface area (Å²) in [6, 6.07) is 9.14. The Morgan fingerprint density at radius 2 is 2.32 bits per heavy atom. The van der Waals surface area contributed by atoms with Crippen LogP contribution >= 0.6 is 15.9 Å². The molecule has 1 aromatic heterocycles. The van der Waals surface area contributed by atoms with Gasteiger partial charge in [0.1, 0.15) is 5.75 Å². The second-order valence-corrected chi connectivity index (χ2v) is 4.84. The van der Waals surface area contributed by atoms with E-state index in [9.17, 15) is 4.79 Å². The highest BCUT2D eigenvalue weighted by molar-refractivity contribution is 9.10. The van der Waals surface area contributed by atoms with Crippen molar-refractivity contribution >= 4 is 27.7 Å². The molecule has 2 rings (SSSR count). The van der Waals surface area contributed by atoms with Crippen LogP contribution in [0.15, 0.2) is 34.8 Å². The van der Waals surface area contributed by atoms with Crippen LogP contribution in [0.3, 0.4) is 0 Å². The molecule has 0 radical (unpaired) electrons. The smallest absolute Gasteiger partial charge is 0.263 e. The van der Waals surface area contributed by atoms with E-state index in [0.717, 1.165) is 16.6 Å². The summed E-state index contributed by atoms with van der Waals surface area (Å²) in [6.45, 7) is 1.96. The van der Waals surface area contributed by atoms with Gasteiger partial charge < -0.3 is 10.1 Å². The van der Waals surface area contributed by atoms with Crippen LogP contribution in [0.2, 0.25) is 0 Å². The molecule has 0 fully saturated rings. The highest BCUT2D eigenvalue weighted by atomic mass is 79.9. The van der Waals surface area contributed by atoms with E-state index in [1.807, 2.05) is 19.1 Å². The third kappa shape index (κ3) is 4.10. The molecule has 1 amide bonds. The van der Waals surface area contributed by atoms with Crippen molar-refractivity contribution in [3.63, 3.8) is 0 Å². The molecule has 6 heteroatoms. The van der Waals surface area contributed by atoms with Crippen LogP contribution in [0.25, 0.3) is 0 Å². The Kier molecular flexibility index (Phi) is 4.57. The van der Waals surface area contributed by atoms with Gasteiger partial charge in [-0.05, 0) is 24.6 Å². The van der Waals surface area contributed by atoms with Gasteiger partial charge >= 0.3 is 0 Å². The number of aryl methyl sites for hydroxylation is 1. The minimum absolute atomic E-state index is 0.0508. The monoisotopic (exact) mass is 323 g/mol. The van der Waals surface area contributed by atoms with Crippen molar-refractivity contribution in [2.24, 2.45) is 0 Å². The number of nitrogens with one attached hydrogen (secondary N) is 2. The van der Waals surface area contributed by atoms with Gasteiger partial charge in [0.05, 0.1) is 0 Å². The zero-order valence-electron chi connectivity index (χ0n) is 10.4. The Hall–Kier alpha value is -1.82. The maximum Gasteiger partial charge on any atom is 0.263 e. The average Bonchev–Trinajstić information content (AvgIpc) is 2.84. The van der Waals surface area contributed by atoms with Gasteiger partial charge in [0.15, 0.2) is 12.4 Å². The predicted molar refractivity (Wildman–Crippen MR) is 76.2 cm³/mol. The molecule has 5 nitrogen and oxygen atoms in total. The molecule has 0 unspecified atom stereocenters. The predicted octanol–water partition coefficient (Wildman–Crippen LogP) is 2.75. The second-order valence-electron chi connectivity index (χ2n) is 3.93. The fourth-order valence-electron chi connectivity index (χ4n) is 1.49. The van der Waals surface area contributed by atoms with Gasteiger partial charge in [0, 0.05) is 16.2 Å². The number of anilines is 1. The van der Waals surface area contributed by atoms with Crippen molar-refractivity contribution < 1.29 is 9.53 Å². The van der Waals surface area contributed by atoms with Gasteiger partial charge in [-0.25, -0.2) is 0 Å². The molecule has 0 aliphatic heterocycles. The van der Waals surface area contributed by atoms with Crippen LogP contribution in [0.5, 0.6) is 5.75 Å². The van der Waals surface area contributed by atoms with Crippen molar-refractivity contribution in [1.82, 2.24) is 10.2 Å². The molecule has 0 saturated heterocycles. The van der Waals surface area contributed by atoms with Crippen LogP contribution in [0.1, 0.15) is 12.6 Å². The van der Waals surface area contributed by atoms with E-state index in [-0.39, 0.29) is 12.5 Å². The van der Waals surface area contributed by atoms with Crippen LogP contribution < -0.4 is 10.1 Å². The first-order chi connectivity index (χ1) is 9.17. The summed E-state index contributed by atoms with van der Waals surface area (Å²) in [4.78, 5) is 11.7. The minimum Gasteiger partial charge on any atom is -0.484 e. The number of nitrogens with zero attached hydrogens (tertiary/aromatic N) is 1. The Morgan fingerprint density at radius 1 is 1.47 bits per heavy atom. The summed E-state index contributed by atoms with van der Waals surface area (Å²) in [5.74, 6) is 0.912. The number of carbonyl (C=O) groups is 1. The molecule has 2 N–H and O–H groups in total. The molecule has 19 heavy (non-hydrogen) atoms. The molecular formula is C13H14BrN3O2. The lowest BCUT2D eigenvalue weighted by atomic mass is 10.3. The van der Waals surface area contributed by atoms with Gasteiger partial charge in [-0.2, -0.15) is 5.10 Å². The van der Waals surface area contributed by atoms with Crippen LogP contribution in [0, 0.1) is 0 Å². The number of aromatic nitrogens is 2. The lowest BCUT2D eigenvalue weighted by Gasteiger charge is -2.05. The van der Waals surface area contributed by atoms with E-state index < -0.39 is 0 Å². The van der Waals surface area contributed by atoms with Crippen molar-refractivity contribution in [1.29, 1.82) is 0 Å². The molecule has 1 aromatic carbocycles. The first-order valence-electron chi connectivity index (χ1n) is 5.90. The van der Waals surface area contributed by atoms with E-state index >= 15 is 0 Å². The van der Waals surface area contributed by atoms with Gasteiger partial charge in [-0.3, -0.25) is 9.89 Å². The van der Waals surface area contributed by atoms with Gasteiger partial charge in [0.2, 0.25) is 0 Å². The normalized spacial score (nSPS) is 10.2. The molecular weight excluding hydrogens is 310 g/mol. The fourth-order valence-corrected chi connectivity index (χ4v) is 1.87. The molecule has 0 atom stereocenters. The molecule has 2 aromatic rings. The Balaban J connectivity index is 1.84. The number of H-pyrrole nitrogens is 1. The minimum atomic E-state index is -0.242. The van der Waals surface area contributed by atoms with E-state index in [1.54, 1.807) is 18.2 Å². The number of ether oxygens (including phenoxy) is 1. The Morgan fingerprint density at radius 3 is 3.00 bits per heavy atom. The van der Waals surface area contributed by atoms with Crippen molar-refractivity contribution in [2.45, 2.75) is 13.3 Å². The average molecular weight is 324 g/mol. The van der Waals surface area contributed by atoms with Crippen LogP contribution in [-0.2, 0) is 11.2 Å². The number of halogens is 1. The molecule has 0 saturated carbocycles. The summed E-state index contributed by atoms with van der Waals surface area (Å²) in [5.41, 5.74) is 0.975. The zero-order valence-corrected chi connectivity index (χ0v) is 12.0. The number of carbonyl (C=O) groups excluding carboxylic acids is 1. The van der Waals surface area contributed by atoms with Crippen molar-refractivity contribution in [2.75, 3.05) is 11.9 Å². The lowest BCUT2D eigenvalue weighted by Crippen LogP contribution is -2.20. The maximum atomic E-state index is 11.7. The summed E-state index contributed by atoms with van der Waals surface area (Å²) in [5, 5.41) is 9.47. The molecule has 0 spiro atoms. The third-order valence-corrected chi connectivity index (χ3v) is 2.94. The number of rotatable bonds is 5. The van der Waals surface area contributed by atoms with Gasteiger partial charge in [0.25, 0.3) is 5.91 Å². The summed E-state index contributed by atoms with van der Waals surface area (Å²) < 4.78 is 6.28. The fraction of sp³-hybridized carbons (Fsp3) is 0.231. The van der Waals surface area contributed by atoms with Crippen molar-refractivity contribution in [3.8, 4) is 5.75 Å². The SMILES string of the molecule is CCc1cc(NC(=O)COc2cccc(Br)c2)n[nH]1. The van der Waals surface area contributed by atoms with E-state index in [2.05, 4.69) is 31.4 Å². The largest absolute Gasteiger partial charge is 0.484 e. The highest BCUT2D eigenvalue weighted by Crippen LogP contribution is 2.17. The summed E-state index contributed by atoms with van der Waals surface area (Å²) in [7, 11) is 0. The third-order valence-electron chi connectivity index (χ3n) is 2.45. The number of benzene rings is 1. The van der Waals surface area contributed by atoms with Gasteiger partial charge in [-0.1, -0.05) is 28.9 Å². The summed E-state index contributed by atoms with van der Waals surface area (Å²) in [6.07, 6.45) is 0.845. The number of hydrogen-bond donors (Lipinski definition) is 2. The number of amides is 1. The molecule has 0 aliphatic rings. The first kappa shape index (κ1) is 13.6. The quantitative estimate of drug-likeness (QED) is 0.889. The standard InChI is InChI=1S/C13H14BrN3O2/c1-2-10-7-12(17-16-10)15-13(18)8-19-11-5-3-4-9(14)6-11/h3-7H,2,8H2,1H3,(H2,15,16,17,18). The lowest BCUT2D eigenvalue weighted by molar-refractivity contribution is -0.118. The van der Waals surface area contributed by atoms with E-state index in [0.29, 0.717) is 11.6 Å². The van der Waals surface area contributed by atoms with Crippen LogP contribution in [0.4, 0.5) is 5.82 Å². The first-order valence-corrected chi connectivity index (χ1v) is 6.69. The highest BCUT2D eigenvalue weighted by Gasteiger charge is 2.06. The van der Waals surface area contributed by atoms with Crippen LogP contribution in [-0.4, -0.2) is 22.7 Å². The Labute approximate surface area is 119 Å². The second kappa shape index (κ2) is 6.38. The molecule has 1 heterocycles. The zero-order chi connectivity index (χ0) is 13.7. The van der Waals surface area contributed by atoms with E-state index in [1.165, 1.54) is 0 Å². The number of aromatic amines is 1. The number of hydrogen-bond acceptors (Lipinski definition) is 3. The van der Waals surface area contributed by atoms with E-state index in [4.69, 9.17) is 4.74 Å².